The molecule has 20 heavy (non-hydrogen) atoms. The number of aryl methyl sites for hydroxylation is 1. The number of nitrogens with one attached hydrogen (secondary N) is 3. The summed E-state index contributed by atoms with van der Waals surface area (Å²) in [6.07, 6.45) is 5.03. The topological polar surface area (TPSA) is 99.8 Å². The van der Waals surface area contributed by atoms with Gasteiger partial charge >= 0.3 is 6.03 Å². The van der Waals surface area contributed by atoms with Crippen molar-refractivity contribution in [3.05, 3.63) is 5.82 Å². The molecule has 1 aromatic rings. The van der Waals surface area contributed by atoms with Crippen molar-refractivity contribution < 1.29 is 9.59 Å². The lowest BCUT2D eigenvalue weighted by atomic mass is 10.2. The molecule has 1 fully saturated rings. The van der Waals surface area contributed by atoms with E-state index in [4.69, 9.17) is 0 Å². The lowest BCUT2D eigenvalue weighted by molar-refractivity contribution is -0.117. The van der Waals surface area contributed by atoms with Crippen molar-refractivity contribution in [3.63, 3.8) is 0 Å². The number of thioether (sulfide) groups is 1. The summed E-state index contributed by atoms with van der Waals surface area (Å²) in [7, 11) is 0. The van der Waals surface area contributed by atoms with Crippen LogP contribution in [0.5, 0.6) is 0 Å². The van der Waals surface area contributed by atoms with E-state index in [1.807, 2.05) is 6.92 Å². The molecule has 0 bridgehead atoms. The predicted octanol–water partition coefficient (Wildman–Crippen LogP) is 1.23. The average Bonchev–Trinajstić information content (AvgIpc) is 3.07. The van der Waals surface area contributed by atoms with Crippen molar-refractivity contribution in [2.24, 2.45) is 0 Å². The minimum absolute atomic E-state index is 0.124. The lowest BCUT2D eigenvalue weighted by Gasteiger charge is -2.11. The number of urea groups is 1. The maximum absolute atomic E-state index is 11.6. The molecule has 0 saturated heterocycles. The summed E-state index contributed by atoms with van der Waals surface area (Å²) in [6, 6.07) is -0.206. The Kier molecular flexibility index (Phi) is 5.40. The van der Waals surface area contributed by atoms with E-state index in [1.165, 1.54) is 11.8 Å². The van der Waals surface area contributed by atoms with Gasteiger partial charge in [0.1, 0.15) is 5.82 Å². The molecule has 1 heterocycles. The van der Waals surface area contributed by atoms with Crippen molar-refractivity contribution in [3.8, 4) is 0 Å². The quantitative estimate of drug-likeness (QED) is 0.710. The van der Waals surface area contributed by atoms with Gasteiger partial charge in [0.25, 0.3) is 0 Å². The minimum Gasteiger partial charge on any atom is -0.335 e. The fraction of sp³-hybridized carbons (Fsp3) is 0.667. The first-order valence-electron chi connectivity index (χ1n) is 6.81. The van der Waals surface area contributed by atoms with Crippen LogP contribution in [0.1, 0.15) is 38.4 Å². The van der Waals surface area contributed by atoms with Gasteiger partial charge in [-0.2, -0.15) is 0 Å². The van der Waals surface area contributed by atoms with E-state index in [2.05, 4.69) is 25.8 Å². The van der Waals surface area contributed by atoms with Gasteiger partial charge in [-0.1, -0.05) is 31.5 Å². The van der Waals surface area contributed by atoms with Crippen LogP contribution < -0.4 is 10.6 Å². The molecule has 1 saturated carbocycles. The summed E-state index contributed by atoms with van der Waals surface area (Å²) < 4.78 is 0. The smallest absolute Gasteiger partial charge is 0.321 e. The molecule has 7 nitrogen and oxygen atoms in total. The van der Waals surface area contributed by atoms with Gasteiger partial charge in [-0.3, -0.25) is 15.2 Å². The van der Waals surface area contributed by atoms with Crippen molar-refractivity contribution in [2.75, 3.05) is 5.75 Å². The van der Waals surface area contributed by atoms with E-state index in [9.17, 15) is 9.59 Å². The van der Waals surface area contributed by atoms with Crippen LogP contribution in [0, 0.1) is 0 Å². The standard InChI is InChI=1S/C12H19N5O2S/c1-2-9-14-12(17-16-9)20-7-10(18)15-11(19)13-8-5-3-4-6-8/h8H,2-7H2,1H3,(H,14,16,17)(H2,13,15,18,19). The van der Waals surface area contributed by atoms with Crippen LogP contribution in [0.25, 0.3) is 0 Å². The van der Waals surface area contributed by atoms with Crippen molar-refractivity contribution in [1.29, 1.82) is 0 Å². The van der Waals surface area contributed by atoms with E-state index >= 15 is 0 Å². The van der Waals surface area contributed by atoms with Gasteiger partial charge in [0.2, 0.25) is 11.1 Å². The molecule has 3 N–H and O–H groups in total. The SMILES string of the molecule is CCc1nc(SCC(=O)NC(=O)NC2CCCC2)n[nH]1. The monoisotopic (exact) mass is 297 g/mol. The highest BCUT2D eigenvalue weighted by Crippen LogP contribution is 2.17. The first-order chi connectivity index (χ1) is 9.67. The van der Waals surface area contributed by atoms with Gasteiger partial charge in [-0.15, -0.1) is 5.10 Å². The van der Waals surface area contributed by atoms with Gasteiger partial charge in [0.15, 0.2) is 0 Å². The molecule has 3 amide bonds. The summed E-state index contributed by atoms with van der Waals surface area (Å²) in [5.41, 5.74) is 0. The Labute approximate surface area is 121 Å². The molecular weight excluding hydrogens is 278 g/mol. The lowest BCUT2D eigenvalue weighted by Crippen LogP contribution is -2.44. The Bertz CT molecular complexity index is 470. The largest absolute Gasteiger partial charge is 0.335 e. The molecule has 0 aliphatic heterocycles. The molecule has 0 unspecified atom stereocenters. The van der Waals surface area contributed by atoms with Crippen LogP contribution in [0.3, 0.4) is 0 Å². The van der Waals surface area contributed by atoms with E-state index in [-0.39, 0.29) is 17.7 Å². The van der Waals surface area contributed by atoms with E-state index in [1.54, 1.807) is 0 Å². The van der Waals surface area contributed by atoms with Gasteiger partial charge in [-0.05, 0) is 12.8 Å². The number of carbonyl (C=O) groups is 2. The Morgan fingerprint density at radius 1 is 1.40 bits per heavy atom. The Hall–Kier alpha value is -1.57. The van der Waals surface area contributed by atoms with Crippen LogP contribution in [-0.2, 0) is 11.2 Å². The van der Waals surface area contributed by atoms with Gasteiger partial charge in [0.05, 0.1) is 5.75 Å². The Morgan fingerprint density at radius 2 is 2.15 bits per heavy atom. The van der Waals surface area contributed by atoms with Crippen LogP contribution in [0.4, 0.5) is 4.79 Å². The third-order valence-corrected chi connectivity index (χ3v) is 3.97. The third-order valence-electron chi connectivity index (χ3n) is 3.12. The second-order valence-electron chi connectivity index (χ2n) is 4.71. The highest BCUT2D eigenvalue weighted by Gasteiger charge is 2.18. The normalized spacial score (nSPS) is 15.2. The number of H-pyrrole nitrogens is 1. The molecule has 1 aliphatic rings. The van der Waals surface area contributed by atoms with Crippen LogP contribution in [-0.4, -0.2) is 38.9 Å². The molecular formula is C12H19N5O2S. The number of aromatic amines is 1. The van der Waals surface area contributed by atoms with Crippen molar-refractivity contribution >= 4 is 23.7 Å². The number of carbonyl (C=O) groups excluding carboxylic acids is 2. The summed E-state index contributed by atoms with van der Waals surface area (Å²) in [5, 5.41) is 12.4. The molecule has 1 aliphatic carbocycles. The molecule has 1 aromatic heterocycles. The van der Waals surface area contributed by atoms with Crippen LogP contribution in [0.15, 0.2) is 5.16 Å². The fourth-order valence-corrected chi connectivity index (χ4v) is 2.70. The molecule has 0 aromatic carbocycles. The maximum Gasteiger partial charge on any atom is 0.321 e. The second kappa shape index (κ2) is 7.28. The Balaban J connectivity index is 1.67. The summed E-state index contributed by atoms with van der Waals surface area (Å²) in [6.45, 7) is 1.97. The molecule has 2 rings (SSSR count). The average molecular weight is 297 g/mol. The zero-order chi connectivity index (χ0) is 14.4. The Morgan fingerprint density at radius 3 is 2.80 bits per heavy atom. The summed E-state index contributed by atoms with van der Waals surface area (Å²) in [4.78, 5) is 27.4. The number of amides is 3. The molecule has 0 spiro atoms. The number of nitrogens with zero attached hydrogens (tertiary/aromatic N) is 2. The van der Waals surface area contributed by atoms with Crippen LogP contribution in [0.2, 0.25) is 0 Å². The first-order valence-corrected chi connectivity index (χ1v) is 7.80. The number of hydrogen-bond acceptors (Lipinski definition) is 5. The number of imide groups is 1. The number of aromatic nitrogens is 3. The second-order valence-corrected chi connectivity index (χ2v) is 5.65. The summed E-state index contributed by atoms with van der Waals surface area (Å²) in [5.74, 6) is 0.569. The maximum atomic E-state index is 11.6. The highest BCUT2D eigenvalue weighted by atomic mass is 32.2. The van der Waals surface area contributed by atoms with Gasteiger partial charge in [-0.25, -0.2) is 9.78 Å². The zero-order valence-corrected chi connectivity index (χ0v) is 12.3. The number of rotatable bonds is 5. The van der Waals surface area contributed by atoms with E-state index in [0.29, 0.717) is 5.16 Å². The first kappa shape index (κ1) is 14.8. The third kappa shape index (κ3) is 4.52. The van der Waals surface area contributed by atoms with E-state index in [0.717, 1.165) is 37.9 Å². The molecule has 110 valence electrons. The van der Waals surface area contributed by atoms with Crippen molar-refractivity contribution in [1.82, 2.24) is 25.8 Å². The zero-order valence-electron chi connectivity index (χ0n) is 11.4. The van der Waals surface area contributed by atoms with Crippen LogP contribution >= 0.6 is 11.8 Å². The van der Waals surface area contributed by atoms with Gasteiger partial charge < -0.3 is 5.32 Å². The molecule has 8 heteroatoms. The molecule has 0 radical (unpaired) electrons. The fourth-order valence-electron chi connectivity index (χ4n) is 2.08. The molecule has 0 atom stereocenters. The highest BCUT2D eigenvalue weighted by molar-refractivity contribution is 7.99. The van der Waals surface area contributed by atoms with E-state index < -0.39 is 6.03 Å². The van der Waals surface area contributed by atoms with Gasteiger partial charge in [0, 0.05) is 12.5 Å². The van der Waals surface area contributed by atoms with Crippen molar-refractivity contribution in [2.45, 2.75) is 50.2 Å². The minimum atomic E-state index is -0.410. The predicted molar refractivity (Wildman–Crippen MR) is 75.4 cm³/mol. The number of hydrogen-bond donors (Lipinski definition) is 3. The summed E-state index contributed by atoms with van der Waals surface area (Å²) >= 11 is 1.20.